The molecule has 0 atom stereocenters. The van der Waals surface area contributed by atoms with E-state index in [9.17, 15) is 0 Å². The van der Waals surface area contributed by atoms with E-state index < -0.39 is 0 Å². The lowest BCUT2D eigenvalue weighted by atomic mass is 9.81. The fraction of sp³-hybridized carbons (Fsp3) is 0.556. The Morgan fingerprint density at radius 2 is 1.75 bits per heavy atom. The molecule has 0 spiro atoms. The van der Waals surface area contributed by atoms with E-state index in [2.05, 4.69) is 56.5 Å². The molecule has 1 aliphatic rings. The third-order valence-electron chi connectivity index (χ3n) is 4.19. The first-order chi connectivity index (χ1) is 9.30. The molecule has 0 radical (unpaired) electrons. The summed E-state index contributed by atoms with van der Waals surface area (Å²) in [6, 6.07) is 10.5. The molecule has 0 aromatic heterocycles. The SMILES string of the molecule is C=C(CC(C)(C)C)N1CCC(N)(c2ccccc2)CC1. The Labute approximate surface area is 123 Å². The van der Waals surface area contributed by atoms with Crippen LogP contribution in [0, 0.1) is 5.41 Å². The molecule has 1 aromatic rings. The molecule has 110 valence electrons. The second-order valence-corrected chi connectivity index (χ2v) is 7.31. The number of benzene rings is 1. The molecule has 0 amide bonds. The van der Waals surface area contributed by atoms with Crippen molar-refractivity contribution in [2.45, 2.75) is 45.6 Å². The van der Waals surface area contributed by atoms with Gasteiger partial charge in [-0.05, 0) is 30.2 Å². The Morgan fingerprint density at radius 3 is 2.25 bits per heavy atom. The highest BCUT2D eigenvalue weighted by atomic mass is 15.1. The lowest BCUT2D eigenvalue weighted by molar-refractivity contribution is 0.183. The van der Waals surface area contributed by atoms with Gasteiger partial charge in [0.05, 0.1) is 0 Å². The fourth-order valence-corrected chi connectivity index (χ4v) is 3.00. The van der Waals surface area contributed by atoms with Crippen molar-refractivity contribution < 1.29 is 0 Å². The maximum Gasteiger partial charge on any atom is 0.0443 e. The number of piperidine rings is 1. The quantitative estimate of drug-likeness (QED) is 0.904. The summed E-state index contributed by atoms with van der Waals surface area (Å²) in [5, 5.41) is 0. The molecule has 2 N–H and O–H groups in total. The molecule has 0 bridgehead atoms. The largest absolute Gasteiger partial charge is 0.375 e. The number of likely N-dealkylation sites (tertiary alicyclic amines) is 1. The van der Waals surface area contributed by atoms with Gasteiger partial charge in [0, 0.05) is 24.3 Å². The molecule has 1 heterocycles. The van der Waals surface area contributed by atoms with Gasteiger partial charge in [0.15, 0.2) is 0 Å². The van der Waals surface area contributed by atoms with Crippen LogP contribution in [0.4, 0.5) is 0 Å². The van der Waals surface area contributed by atoms with E-state index in [-0.39, 0.29) is 5.54 Å². The van der Waals surface area contributed by atoms with Gasteiger partial charge in [-0.2, -0.15) is 0 Å². The Kier molecular flexibility index (Phi) is 4.24. The van der Waals surface area contributed by atoms with Crippen molar-refractivity contribution in [2.24, 2.45) is 11.1 Å². The van der Waals surface area contributed by atoms with Gasteiger partial charge >= 0.3 is 0 Å². The summed E-state index contributed by atoms with van der Waals surface area (Å²) in [6.07, 6.45) is 3.05. The van der Waals surface area contributed by atoms with Gasteiger partial charge in [0.25, 0.3) is 0 Å². The summed E-state index contributed by atoms with van der Waals surface area (Å²) in [5.74, 6) is 0. The maximum absolute atomic E-state index is 6.61. The molecule has 1 fully saturated rings. The number of nitrogens with zero attached hydrogens (tertiary/aromatic N) is 1. The highest BCUT2D eigenvalue weighted by Gasteiger charge is 2.32. The highest BCUT2D eigenvalue weighted by Crippen LogP contribution is 2.33. The standard InChI is InChI=1S/C18H28N2/c1-15(14-17(2,3)4)20-12-10-18(19,11-13-20)16-8-6-5-7-9-16/h5-9H,1,10-14,19H2,2-4H3. The molecule has 2 rings (SSSR count). The first-order valence-corrected chi connectivity index (χ1v) is 7.57. The summed E-state index contributed by atoms with van der Waals surface area (Å²) in [7, 11) is 0. The first kappa shape index (κ1) is 15.1. The maximum atomic E-state index is 6.61. The topological polar surface area (TPSA) is 29.3 Å². The van der Waals surface area contributed by atoms with Gasteiger partial charge in [-0.15, -0.1) is 0 Å². The van der Waals surface area contributed by atoms with Crippen molar-refractivity contribution in [3.63, 3.8) is 0 Å². The third kappa shape index (κ3) is 3.63. The number of nitrogens with two attached hydrogens (primary N) is 1. The van der Waals surface area contributed by atoms with Crippen molar-refractivity contribution in [3.05, 3.63) is 48.2 Å². The zero-order chi connectivity index (χ0) is 14.8. The third-order valence-corrected chi connectivity index (χ3v) is 4.19. The number of allylic oxidation sites excluding steroid dienone is 1. The van der Waals surface area contributed by atoms with E-state index in [1.165, 1.54) is 11.3 Å². The molecule has 2 heteroatoms. The van der Waals surface area contributed by atoms with E-state index in [1.807, 2.05) is 6.07 Å². The predicted octanol–water partition coefficient (Wildman–Crippen LogP) is 3.89. The van der Waals surface area contributed by atoms with Gasteiger partial charge in [-0.25, -0.2) is 0 Å². The van der Waals surface area contributed by atoms with Crippen LogP contribution in [-0.2, 0) is 5.54 Å². The van der Waals surface area contributed by atoms with Crippen LogP contribution in [-0.4, -0.2) is 18.0 Å². The first-order valence-electron chi connectivity index (χ1n) is 7.57. The van der Waals surface area contributed by atoms with Crippen molar-refractivity contribution in [2.75, 3.05) is 13.1 Å². The molecular formula is C18H28N2. The molecule has 1 saturated heterocycles. The number of hydrogen-bond donors (Lipinski definition) is 1. The molecule has 0 aliphatic carbocycles. The molecule has 0 saturated carbocycles. The van der Waals surface area contributed by atoms with E-state index in [0.717, 1.165) is 32.4 Å². The monoisotopic (exact) mass is 272 g/mol. The molecule has 20 heavy (non-hydrogen) atoms. The summed E-state index contributed by atoms with van der Waals surface area (Å²) in [5.41, 5.74) is 9.27. The van der Waals surface area contributed by atoms with Crippen LogP contribution in [0.5, 0.6) is 0 Å². The lowest BCUT2D eigenvalue weighted by Gasteiger charge is -2.42. The summed E-state index contributed by atoms with van der Waals surface area (Å²) < 4.78 is 0. The molecule has 0 unspecified atom stereocenters. The predicted molar refractivity (Wildman–Crippen MR) is 86.3 cm³/mol. The van der Waals surface area contributed by atoms with Crippen LogP contribution in [0.15, 0.2) is 42.6 Å². The van der Waals surface area contributed by atoms with Gasteiger partial charge in [-0.1, -0.05) is 57.7 Å². The minimum atomic E-state index is -0.167. The zero-order valence-electron chi connectivity index (χ0n) is 13.2. The number of hydrogen-bond acceptors (Lipinski definition) is 2. The minimum absolute atomic E-state index is 0.167. The minimum Gasteiger partial charge on any atom is -0.375 e. The van der Waals surface area contributed by atoms with E-state index in [4.69, 9.17) is 5.73 Å². The van der Waals surface area contributed by atoms with Crippen molar-refractivity contribution in [1.29, 1.82) is 0 Å². The summed E-state index contributed by atoms with van der Waals surface area (Å²) in [6.45, 7) is 13.1. The van der Waals surface area contributed by atoms with Crippen molar-refractivity contribution in [1.82, 2.24) is 4.90 Å². The van der Waals surface area contributed by atoms with E-state index in [1.54, 1.807) is 0 Å². The molecule has 1 aliphatic heterocycles. The molecule has 1 aromatic carbocycles. The molecular weight excluding hydrogens is 244 g/mol. The van der Waals surface area contributed by atoms with Gasteiger partial charge in [-0.3, -0.25) is 0 Å². The smallest absolute Gasteiger partial charge is 0.0443 e. The van der Waals surface area contributed by atoms with Crippen molar-refractivity contribution >= 4 is 0 Å². The number of rotatable bonds is 3. The normalized spacial score (nSPS) is 18.9. The van der Waals surface area contributed by atoms with E-state index >= 15 is 0 Å². The van der Waals surface area contributed by atoms with Crippen LogP contribution in [0.2, 0.25) is 0 Å². The average Bonchev–Trinajstić information content (AvgIpc) is 2.38. The van der Waals surface area contributed by atoms with Crippen LogP contribution >= 0.6 is 0 Å². The Morgan fingerprint density at radius 1 is 1.20 bits per heavy atom. The van der Waals surface area contributed by atoms with Crippen LogP contribution in [0.25, 0.3) is 0 Å². The van der Waals surface area contributed by atoms with Gasteiger partial charge in [0.1, 0.15) is 0 Å². The Balaban J connectivity index is 1.97. The Bertz CT molecular complexity index is 448. The molecule has 2 nitrogen and oxygen atoms in total. The van der Waals surface area contributed by atoms with Crippen LogP contribution in [0.3, 0.4) is 0 Å². The Hall–Kier alpha value is -1.28. The van der Waals surface area contributed by atoms with Gasteiger partial charge in [0.2, 0.25) is 0 Å². The zero-order valence-corrected chi connectivity index (χ0v) is 13.2. The second kappa shape index (κ2) is 5.61. The lowest BCUT2D eigenvalue weighted by Crippen LogP contribution is -2.47. The fourth-order valence-electron chi connectivity index (χ4n) is 3.00. The van der Waals surface area contributed by atoms with Crippen LogP contribution < -0.4 is 5.73 Å². The summed E-state index contributed by atoms with van der Waals surface area (Å²) >= 11 is 0. The highest BCUT2D eigenvalue weighted by molar-refractivity contribution is 5.25. The van der Waals surface area contributed by atoms with Crippen LogP contribution in [0.1, 0.15) is 45.6 Å². The second-order valence-electron chi connectivity index (χ2n) is 7.31. The van der Waals surface area contributed by atoms with Crippen molar-refractivity contribution in [3.8, 4) is 0 Å². The average molecular weight is 272 g/mol. The van der Waals surface area contributed by atoms with E-state index in [0.29, 0.717) is 5.41 Å². The summed E-state index contributed by atoms with van der Waals surface area (Å²) in [4.78, 5) is 2.42. The van der Waals surface area contributed by atoms with Gasteiger partial charge < -0.3 is 10.6 Å².